The molecule has 1 amide bonds. The molecule has 0 aliphatic carbocycles. The molecule has 5 N–H and O–H groups in total. The summed E-state index contributed by atoms with van der Waals surface area (Å²) in [6.07, 6.45) is 1.64. The highest BCUT2D eigenvalue weighted by atomic mass is 35.5. The highest BCUT2D eigenvalue weighted by Gasteiger charge is 2.14. The van der Waals surface area contributed by atoms with Crippen molar-refractivity contribution in [2.75, 3.05) is 11.9 Å². The van der Waals surface area contributed by atoms with Crippen molar-refractivity contribution in [2.24, 2.45) is 11.5 Å². The predicted octanol–water partition coefficient (Wildman–Crippen LogP) is 3.10. The quantitative estimate of drug-likeness (QED) is 0.665. The minimum absolute atomic E-state index is 0.119. The number of rotatable bonds is 5. The van der Waals surface area contributed by atoms with E-state index in [0.717, 1.165) is 16.6 Å². The molecule has 5 nitrogen and oxygen atoms in total. The van der Waals surface area contributed by atoms with E-state index in [1.165, 1.54) is 0 Å². The van der Waals surface area contributed by atoms with Gasteiger partial charge in [-0.05, 0) is 29.8 Å². The lowest BCUT2D eigenvalue weighted by Crippen LogP contribution is -2.21. The third-order valence-electron chi connectivity index (χ3n) is 3.85. The van der Waals surface area contributed by atoms with Crippen molar-refractivity contribution in [3.05, 3.63) is 70.9 Å². The Morgan fingerprint density at radius 3 is 2.71 bits per heavy atom. The molecule has 3 rings (SSSR count). The first-order valence-electron chi connectivity index (χ1n) is 7.49. The molecule has 0 fully saturated rings. The van der Waals surface area contributed by atoms with Gasteiger partial charge in [0.25, 0.3) is 5.91 Å². The fourth-order valence-electron chi connectivity index (χ4n) is 2.69. The van der Waals surface area contributed by atoms with Gasteiger partial charge in [0.2, 0.25) is 0 Å². The van der Waals surface area contributed by atoms with Gasteiger partial charge in [0, 0.05) is 28.8 Å². The predicted molar refractivity (Wildman–Crippen MR) is 97.1 cm³/mol. The molecule has 0 aliphatic heterocycles. The van der Waals surface area contributed by atoms with Crippen molar-refractivity contribution >= 4 is 34.1 Å². The Balaban J connectivity index is 2.03. The molecule has 0 radical (unpaired) electrons. The summed E-state index contributed by atoms with van der Waals surface area (Å²) in [4.78, 5) is 15.9. The first kappa shape index (κ1) is 16.2. The van der Waals surface area contributed by atoms with E-state index in [1.54, 1.807) is 18.3 Å². The summed E-state index contributed by atoms with van der Waals surface area (Å²) in [5.74, 6) is -0.504. The number of hydrogen-bond donors (Lipinski definition) is 3. The Morgan fingerprint density at radius 2 is 2.00 bits per heavy atom. The molecule has 1 heterocycles. The summed E-state index contributed by atoms with van der Waals surface area (Å²) in [6, 6.07) is 14.6. The number of halogens is 1. The Morgan fingerprint density at radius 1 is 1.21 bits per heavy atom. The molecule has 0 saturated carbocycles. The number of anilines is 1. The average Bonchev–Trinajstić information content (AvgIpc) is 2.59. The molecule has 6 heteroatoms. The fourth-order valence-corrected chi connectivity index (χ4v) is 2.89. The van der Waals surface area contributed by atoms with Crippen LogP contribution in [-0.4, -0.2) is 17.4 Å². The lowest BCUT2D eigenvalue weighted by molar-refractivity contribution is 0.100. The highest BCUT2D eigenvalue weighted by molar-refractivity contribution is 6.30. The number of nitrogens with one attached hydrogen (secondary N) is 1. The Hall–Kier alpha value is -2.63. The monoisotopic (exact) mass is 340 g/mol. The zero-order valence-electron chi connectivity index (χ0n) is 12.9. The van der Waals surface area contributed by atoms with E-state index >= 15 is 0 Å². The molecular formula is C18H17ClN4O. The molecule has 122 valence electrons. The number of aromatic nitrogens is 1. The number of nitrogens with zero attached hydrogens (tertiary/aromatic N) is 1. The molecule has 0 saturated heterocycles. The molecule has 1 aromatic heterocycles. The van der Waals surface area contributed by atoms with Gasteiger partial charge in [-0.3, -0.25) is 9.78 Å². The van der Waals surface area contributed by atoms with Gasteiger partial charge in [-0.25, -0.2) is 0 Å². The lowest BCUT2D eigenvalue weighted by Gasteiger charge is -2.20. The average molecular weight is 341 g/mol. The Labute approximate surface area is 144 Å². The topological polar surface area (TPSA) is 94.0 Å². The maximum Gasteiger partial charge on any atom is 0.250 e. The first-order chi connectivity index (χ1) is 11.6. The van der Waals surface area contributed by atoms with Crippen molar-refractivity contribution in [3.8, 4) is 0 Å². The van der Waals surface area contributed by atoms with Crippen LogP contribution in [0.3, 0.4) is 0 Å². The minimum Gasteiger partial charge on any atom is -0.376 e. The van der Waals surface area contributed by atoms with Crippen molar-refractivity contribution in [3.63, 3.8) is 0 Å². The number of carbonyl (C=O) groups excluding carboxylic acids is 1. The molecule has 0 bridgehead atoms. The van der Waals surface area contributed by atoms with Crippen LogP contribution >= 0.6 is 11.6 Å². The van der Waals surface area contributed by atoms with Gasteiger partial charge in [-0.15, -0.1) is 0 Å². The van der Waals surface area contributed by atoms with Crippen LogP contribution in [0.4, 0.5) is 5.69 Å². The number of hydrogen-bond acceptors (Lipinski definition) is 4. The van der Waals surface area contributed by atoms with Gasteiger partial charge in [0.1, 0.15) is 0 Å². The standard InChI is InChI=1S/C18H17ClN4O/c19-12-4-1-3-11(9-12)16(10-20)23-15-7-8-22-17-13(15)5-2-6-14(17)18(21)24/h1-9,16H,10,20H2,(H2,21,24)(H,22,23). The number of amides is 1. The smallest absolute Gasteiger partial charge is 0.250 e. The zero-order valence-corrected chi connectivity index (χ0v) is 13.6. The number of pyridine rings is 1. The van der Waals surface area contributed by atoms with Gasteiger partial charge in [0.05, 0.1) is 17.1 Å². The molecule has 2 aromatic carbocycles. The highest BCUT2D eigenvalue weighted by Crippen LogP contribution is 2.28. The second kappa shape index (κ2) is 6.86. The summed E-state index contributed by atoms with van der Waals surface area (Å²) in [5, 5.41) is 4.88. The van der Waals surface area contributed by atoms with Gasteiger partial charge >= 0.3 is 0 Å². The molecule has 0 spiro atoms. The first-order valence-corrected chi connectivity index (χ1v) is 7.87. The number of carbonyl (C=O) groups is 1. The third-order valence-corrected chi connectivity index (χ3v) is 4.09. The summed E-state index contributed by atoms with van der Waals surface area (Å²) in [5.41, 5.74) is 14.1. The maximum absolute atomic E-state index is 11.6. The number of primary amides is 1. The van der Waals surface area contributed by atoms with Crippen molar-refractivity contribution in [1.82, 2.24) is 4.98 Å². The van der Waals surface area contributed by atoms with Crippen LogP contribution in [-0.2, 0) is 0 Å². The van der Waals surface area contributed by atoms with Crippen LogP contribution in [0.5, 0.6) is 0 Å². The van der Waals surface area contributed by atoms with E-state index in [1.807, 2.05) is 36.4 Å². The Bertz CT molecular complexity index is 897. The van der Waals surface area contributed by atoms with E-state index < -0.39 is 5.91 Å². The third kappa shape index (κ3) is 3.18. The van der Waals surface area contributed by atoms with E-state index in [2.05, 4.69) is 10.3 Å². The van der Waals surface area contributed by atoms with Crippen LogP contribution in [0, 0.1) is 0 Å². The number of benzene rings is 2. The maximum atomic E-state index is 11.6. The second-order valence-corrected chi connectivity index (χ2v) is 5.85. The number of para-hydroxylation sites is 1. The molecule has 3 aromatic rings. The molecule has 1 atom stereocenters. The second-order valence-electron chi connectivity index (χ2n) is 5.41. The van der Waals surface area contributed by atoms with Gasteiger partial charge in [0.15, 0.2) is 0 Å². The molecule has 1 unspecified atom stereocenters. The number of fused-ring (bicyclic) bond motifs is 1. The fraction of sp³-hybridized carbons (Fsp3) is 0.111. The molecule has 0 aliphatic rings. The van der Waals surface area contributed by atoms with Crippen LogP contribution in [0.25, 0.3) is 10.9 Å². The normalized spacial score (nSPS) is 12.1. The minimum atomic E-state index is -0.504. The zero-order chi connectivity index (χ0) is 17.1. The SMILES string of the molecule is NCC(Nc1ccnc2c(C(N)=O)cccc12)c1cccc(Cl)c1. The lowest BCUT2D eigenvalue weighted by atomic mass is 10.0. The van der Waals surface area contributed by atoms with Crippen LogP contribution < -0.4 is 16.8 Å². The summed E-state index contributed by atoms with van der Waals surface area (Å²) >= 11 is 6.07. The van der Waals surface area contributed by atoms with E-state index in [9.17, 15) is 4.79 Å². The summed E-state index contributed by atoms with van der Waals surface area (Å²) in [7, 11) is 0. The molecular weight excluding hydrogens is 324 g/mol. The van der Waals surface area contributed by atoms with Gasteiger partial charge < -0.3 is 16.8 Å². The van der Waals surface area contributed by atoms with Crippen LogP contribution in [0.1, 0.15) is 22.0 Å². The van der Waals surface area contributed by atoms with Crippen LogP contribution in [0.15, 0.2) is 54.7 Å². The van der Waals surface area contributed by atoms with Crippen molar-refractivity contribution < 1.29 is 4.79 Å². The Kier molecular flexibility index (Phi) is 4.64. The summed E-state index contributed by atoms with van der Waals surface area (Å²) < 4.78 is 0. The van der Waals surface area contributed by atoms with Crippen molar-refractivity contribution in [1.29, 1.82) is 0 Å². The van der Waals surface area contributed by atoms with Gasteiger partial charge in [-0.2, -0.15) is 0 Å². The largest absolute Gasteiger partial charge is 0.376 e. The van der Waals surface area contributed by atoms with Crippen LogP contribution in [0.2, 0.25) is 5.02 Å². The van der Waals surface area contributed by atoms with Crippen molar-refractivity contribution in [2.45, 2.75) is 6.04 Å². The number of nitrogens with two attached hydrogens (primary N) is 2. The van der Waals surface area contributed by atoms with E-state index in [0.29, 0.717) is 22.6 Å². The van der Waals surface area contributed by atoms with Gasteiger partial charge in [-0.1, -0.05) is 35.9 Å². The molecule has 24 heavy (non-hydrogen) atoms. The van der Waals surface area contributed by atoms with E-state index in [4.69, 9.17) is 23.1 Å². The summed E-state index contributed by atoms with van der Waals surface area (Å²) in [6.45, 7) is 0.389. The van der Waals surface area contributed by atoms with E-state index in [-0.39, 0.29) is 6.04 Å².